The topological polar surface area (TPSA) is 107 Å². The van der Waals surface area contributed by atoms with Gasteiger partial charge in [0.15, 0.2) is 16.4 Å². The van der Waals surface area contributed by atoms with Gasteiger partial charge >= 0.3 is 0 Å². The summed E-state index contributed by atoms with van der Waals surface area (Å²) >= 11 is 0. The van der Waals surface area contributed by atoms with Gasteiger partial charge in [0.1, 0.15) is 5.75 Å². The van der Waals surface area contributed by atoms with E-state index in [9.17, 15) is 23.3 Å². The SMILES string of the molecule is O=C(COc1cccc([N+](=O)[O-])c1)N(C1CCCC1)[C@H]1CCS(=O)(=O)C1. The lowest BCUT2D eigenvalue weighted by atomic mass is 10.1. The van der Waals surface area contributed by atoms with E-state index in [0.29, 0.717) is 6.42 Å². The highest BCUT2D eigenvalue weighted by molar-refractivity contribution is 7.91. The first-order chi connectivity index (χ1) is 12.4. The Hall–Kier alpha value is -2.16. The lowest BCUT2D eigenvalue weighted by molar-refractivity contribution is -0.384. The predicted octanol–water partition coefficient (Wildman–Crippen LogP) is 1.93. The van der Waals surface area contributed by atoms with Crippen molar-refractivity contribution in [2.75, 3.05) is 18.1 Å². The van der Waals surface area contributed by atoms with Gasteiger partial charge in [-0.25, -0.2) is 8.42 Å². The molecule has 3 rings (SSSR count). The first-order valence-electron chi connectivity index (χ1n) is 8.74. The van der Waals surface area contributed by atoms with Gasteiger partial charge in [0.2, 0.25) is 0 Å². The maximum atomic E-state index is 12.8. The van der Waals surface area contributed by atoms with Crippen LogP contribution in [-0.2, 0) is 14.6 Å². The Morgan fingerprint density at radius 3 is 2.58 bits per heavy atom. The molecule has 2 aliphatic rings. The highest BCUT2D eigenvalue weighted by Crippen LogP contribution is 2.29. The summed E-state index contributed by atoms with van der Waals surface area (Å²) in [6.45, 7) is -0.256. The van der Waals surface area contributed by atoms with Gasteiger partial charge in [0, 0.05) is 18.2 Å². The van der Waals surface area contributed by atoms with Crippen LogP contribution in [0, 0.1) is 10.1 Å². The molecule has 0 N–H and O–H groups in total. The van der Waals surface area contributed by atoms with Crippen molar-refractivity contribution in [2.45, 2.75) is 44.2 Å². The van der Waals surface area contributed by atoms with Gasteiger partial charge in [-0.15, -0.1) is 0 Å². The van der Waals surface area contributed by atoms with Crippen LogP contribution in [0.5, 0.6) is 5.75 Å². The first kappa shape index (κ1) is 18.6. The minimum atomic E-state index is -3.10. The van der Waals surface area contributed by atoms with E-state index in [4.69, 9.17) is 4.74 Å². The number of sulfone groups is 1. The Balaban J connectivity index is 1.69. The van der Waals surface area contributed by atoms with Gasteiger partial charge in [0.05, 0.1) is 22.5 Å². The molecule has 1 atom stereocenters. The van der Waals surface area contributed by atoms with E-state index in [-0.39, 0.29) is 47.5 Å². The third-order valence-electron chi connectivity index (χ3n) is 5.00. The maximum Gasteiger partial charge on any atom is 0.273 e. The van der Waals surface area contributed by atoms with Crippen LogP contribution >= 0.6 is 0 Å². The third-order valence-corrected chi connectivity index (χ3v) is 6.75. The van der Waals surface area contributed by atoms with Crippen LogP contribution in [0.4, 0.5) is 5.69 Å². The van der Waals surface area contributed by atoms with Crippen molar-refractivity contribution >= 4 is 21.4 Å². The van der Waals surface area contributed by atoms with E-state index >= 15 is 0 Å². The summed E-state index contributed by atoms with van der Waals surface area (Å²) in [7, 11) is -3.10. The fourth-order valence-corrected chi connectivity index (χ4v) is 5.50. The molecule has 9 heteroatoms. The van der Waals surface area contributed by atoms with Crippen LogP contribution in [0.25, 0.3) is 0 Å². The molecule has 0 unspecified atom stereocenters. The molecular weight excluding hydrogens is 360 g/mol. The summed E-state index contributed by atoms with van der Waals surface area (Å²) < 4.78 is 29.1. The number of hydrogen-bond acceptors (Lipinski definition) is 6. The van der Waals surface area contributed by atoms with Gasteiger partial charge in [0.25, 0.3) is 11.6 Å². The molecule has 1 aliphatic heterocycles. The van der Waals surface area contributed by atoms with Gasteiger partial charge < -0.3 is 9.64 Å². The minimum Gasteiger partial charge on any atom is -0.484 e. The number of non-ortho nitro benzene ring substituents is 1. The number of nitro benzene ring substituents is 1. The molecule has 8 nitrogen and oxygen atoms in total. The number of nitro groups is 1. The zero-order valence-electron chi connectivity index (χ0n) is 14.4. The summed E-state index contributed by atoms with van der Waals surface area (Å²) in [4.78, 5) is 24.8. The molecule has 1 aliphatic carbocycles. The molecule has 0 spiro atoms. The molecule has 2 fully saturated rings. The lowest BCUT2D eigenvalue weighted by Crippen LogP contribution is -2.48. The Morgan fingerprint density at radius 1 is 1.23 bits per heavy atom. The molecule has 0 radical (unpaired) electrons. The van der Waals surface area contributed by atoms with E-state index < -0.39 is 14.8 Å². The van der Waals surface area contributed by atoms with Crippen LogP contribution < -0.4 is 4.74 Å². The van der Waals surface area contributed by atoms with Crippen molar-refractivity contribution in [3.63, 3.8) is 0 Å². The smallest absolute Gasteiger partial charge is 0.273 e. The summed E-state index contributed by atoms with van der Waals surface area (Å²) in [5, 5.41) is 10.8. The zero-order valence-corrected chi connectivity index (χ0v) is 15.2. The first-order valence-corrected chi connectivity index (χ1v) is 10.6. The van der Waals surface area contributed by atoms with Crippen LogP contribution in [0.1, 0.15) is 32.1 Å². The molecular formula is C17H22N2O6S. The van der Waals surface area contributed by atoms with Gasteiger partial charge in [-0.2, -0.15) is 0 Å². The summed E-state index contributed by atoms with van der Waals surface area (Å²) in [5.41, 5.74) is -0.107. The van der Waals surface area contributed by atoms with Crippen molar-refractivity contribution in [3.05, 3.63) is 34.4 Å². The predicted molar refractivity (Wildman–Crippen MR) is 94.8 cm³/mol. The van der Waals surface area contributed by atoms with Gasteiger partial charge in [-0.1, -0.05) is 18.9 Å². The Labute approximate surface area is 152 Å². The average Bonchev–Trinajstić information content (AvgIpc) is 3.23. The second kappa shape index (κ2) is 7.61. The average molecular weight is 382 g/mol. The maximum absolute atomic E-state index is 12.8. The quantitative estimate of drug-likeness (QED) is 0.550. The van der Waals surface area contributed by atoms with Crippen LogP contribution in [-0.4, -0.2) is 54.3 Å². The Kier molecular flexibility index (Phi) is 5.45. The molecule has 1 amide bonds. The number of benzene rings is 1. The van der Waals surface area contributed by atoms with E-state index in [2.05, 4.69) is 0 Å². The largest absolute Gasteiger partial charge is 0.484 e. The standard InChI is InChI=1S/C17H22N2O6S/c20-17(11-25-16-7-3-6-14(10-16)19(21)22)18(13-4-1-2-5-13)15-8-9-26(23,24)12-15/h3,6-7,10,13,15H,1-2,4-5,8-9,11-12H2/t15-/m0/s1. The van der Waals surface area contributed by atoms with Crippen LogP contribution in [0.15, 0.2) is 24.3 Å². The van der Waals surface area contributed by atoms with E-state index in [1.165, 1.54) is 18.2 Å². The summed E-state index contributed by atoms with van der Waals surface area (Å²) in [6.07, 6.45) is 4.26. The fraction of sp³-hybridized carbons (Fsp3) is 0.588. The number of nitrogens with zero attached hydrogens (tertiary/aromatic N) is 2. The Morgan fingerprint density at radius 2 is 1.96 bits per heavy atom. The molecule has 1 saturated heterocycles. The van der Waals surface area contributed by atoms with Crippen LogP contribution in [0.3, 0.4) is 0 Å². The Bertz CT molecular complexity index is 788. The van der Waals surface area contributed by atoms with Crippen molar-refractivity contribution in [1.29, 1.82) is 0 Å². The van der Waals surface area contributed by atoms with Crippen molar-refractivity contribution in [3.8, 4) is 5.75 Å². The second-order valence-corrected chi connectivity index (χ2v) is 9.07. The minimum absolute atomic E-state index is 0.00600. The highest BCUT2D eigenvalue weighted by atomic mass is 32.2. The third kappa shape index (κ3) is 4.32. The van der Waals surface area contributed by atoms with Crippen LogP contribution in [0.2, 0.25) is 0 Å². The van der Waals surface area contributed by atoms with Crippen molar-refractivity contribution < 1.29 is 22.9 Å². The number of ether oxygens (including phenoxy) is 1. The van der Waals surface area contributed by atoms with E-state index in [1.807, 2.05) is 0 Å². The zero-order chi connectivity index (χ0) is 18.7. The second-order valence-electron chi connectivity index (χ2n) is 6.84. The van der Waals surface area contributed by atoms with Crippen molar-refractivity contribution in [2.24, 2.45) is 0 Å². The molecule has 142 valence electrons. The highest BCUT2D eigenvalue weighted by Gasteiger charge is 2.39. The van der Waals surface area contributed by atoms with Gasteiger partial charge in [-0.05, 0) is 25.3 Å². The fourth-order valence-electron chi connectivity index (χ4n) is 3.79. The molecule has 26 heavy (non-hydrogen) atoms. The van der Waals surface area contributed by atoms with E-state index in [1.54, 1.807) is 11.0 Å². The molecule has 1 saturated carbocycles. The van der Waals surface area contributed by atoms with Crippen molar-refractivity contribution in [1.82, 2.24) is 4.90 Å². The molecule has 1 aromatic rings. The van der Waals surface area contributed by atoms with Gasteiger partial charge in [-0.3, -0.25) is 14.9 Å². The molecule has 0 bridgehead atoms. The molecule has 0 aromatic heterocycles. The number of carbonyl (C=O) groups excluding carboxylic acids is 1. The van der Waals surface area contributed by atoms with E-state index in [0.717, 1.165) is 25.7 Å². The summed E-state index contributed by atoms with van der Waals surface area (Å²) in [5.74, 6) is 0.106. The number of amides is 1. The number of carbonyl (C=O) groups is 1. The summed E-state index contributed by atoms with van der Waals surface area (Å²) in [6, 6.07) is 5.42. The molecule has 1 heterocycles. The lowest BCUT2D eigenvalue weighted by Gasteiger charge is -2.34. The monoisotopic (exact) mass is 382 g/mol. The number of hydrogen-bond donors (Lipinski definition) is 0. The normalized spacial score (nSPS) is 22.2. The number of rotatable bonds is 6. The molecule has 1 aromatic carbocycles.